The molecular weight excluding hydrogens is 478 g/mol. The van der Waals surface area contributed by atoms with Gasteiger partial charge in [-0.05, 0) is 55.7 Å². The molecule has 37 heavy (non-hydrogen) atoms. The fourth-order valence-electron chi connectivity index (χ4n) is 5.15. The van der Waals surface area contributed by atoms with E-state index in [1.807, 2.05) is 35.2 Å². The number of methoxy groups -OCH3 is 1. The van der Waals surface area contributed by atoms with Crippen LogP contribution in [0.5, 0.6) is 5.75 Å². The Morgan fingerprint density at radius 2 is 1.78 bits per heavy atom. The van der Waals surface area contributed by atoms with Gasteiger partial charge in [-0.1, -0.05) is 88.6 Å². The van der Waals surface area contributed by atoms with E-state index in [0.717, 1.165) is 42.7 Å². The van der Waals surface area contributed by atoms with Gasteiger partial charge < -0.3 is 13.9 Å². The fourth-order valence-corrected chi connectivity index (χ4v) is 6.25. The van der Waals surface area contributed by atoms with Crippen molar-refractivity contribution in [3.05, 3.63) is 78.0 Å². The minimum atomic E-state index is -1.98. The summed E-state index contributed by atoms with van der Waals surface area (Å²) in [6, 6.07) is 18.3. The van der Waals surface area contributed by atoms with E-state index in [9.17, 15) is 4.79 Å². The zero-order chi connectivity index (χ0) is 27.1. The lowest BCUT2D eigenvalue weighted by atomic mass is 9.73. The van der Waals surface area contributed by atoms with Crippen LogP contribution >= 0.6 is 0 Å². The van der Waals surface area contributed by atoms with E-state index in [4.69, 9.17) is 13.9 Å². The van der Waals surface area contributed by atoms with Crippen molar-refractivity contribution in [3.8, 4) is 5.75 Å². The Balaban J connectivity index is 2.02. The van der Waals surface area contributed by atoms with E-state index in [1.54, 1.807) is 7.11 Å². The van der Waals surface area contributed by atoms with Gasteiger partial charge in [0.2, 0.25) is 0 Å². The second-order valence-corrected chi connectivity index (χ2v) is 15.8. The Bertz CT molecular complexity index is 1020. The zero-order valence-electron chi connectivity index (χ0n) is 23.6. The molecule has 3 rings (SSSR count). The molecule has 1 aliphatic heterocycles. The van der Waals surface area contributed by atoms with Crippen LogP contribution in [-0.2, 0) is 15.6 Å². The van der Waals surface area contributed by atoms with E-state index in [2.05, 4.69) is 64.3 Å². The number of rotatable bonds is 14. The van der Waals surface area contributed by atoms with Crippen LogP contribution in [0.3, 0.4) is 0 Å². The van der Waals surface area contributed by atoms with Crippen molar-refractivity contribution in [3.63, 3.8) is 0 Å². The number of carbonyl (C=O) groups excluding carboxylic acids is 1. The molecule has 2 aromatic carbocycles. The molecule has 0 unspecified atom stereocenters. The molecule has 2 aromatic rings. The van der Waals surface area contributed by atoms with Crippen molar-refractivity contribution in [1.82, 2.24) is 4.90 Å². The lowest BCUT2D eigenvalue weighted by Crippen LogP contribution is -2.45. The third-order valence-corrected chi connectivity index (χ3v) is 8.19. The van der Waals surface area contributed by atoms with E-state index >= 15 is 0 Å². The summed E-state index contributed by atoms with van der Waals surface area (Å²) in [5.41, 5.74) is 2.54. The molecule has 1 amide bonds. The summed E-state index contributed by atoms with van der Waals surface area (Å²) in [7, 11) is -0.299. The number of amides is 1. The summed E-state index contributed by atoms with van der Waals surface area (Å²) in [5, 5.41) is 0. The highest BCUT2D eigenvalue weighted by molar-refractivity contribution is 6.69. The molecule has 0 aliphatic carbocycles. The largest absolute Gasteiger partial charge is 0.497 e. The first-order valence-corrected chi connectivity index (χ1v) is 17.0. The highest BCUT2D eigenvalue weighted by Gasteiger charge is 2.47. The SMILES string of the molecule is C=C(N1C(=O)OC[C@@H]1Cc1ccccc1)[C@@](C)(CCCCCC)[C@@H](O[Si](C)(C)C)c1ccc(OC)cc1. The molecule has 0 N–H and O–H groups in total. The van der Waals surface area contributed by atoms with Gasteiger partial charge in [-0.2, -0.15) is 0 Å². The number of cyclic esters (lactones) is 1. The molecule has 0 radical (unpaired) electrons. The number of ether oxygens (including phenoxy) is 2. The van der Waals surface area contributed by atoms with Gasteiger partial charge in [-0.3, -0.25) is 4.90 Å². The Morgan fingerprint density at radius 1 is 1.11 bits per heavy atom. The Morgan fingerprint density at radius 3 is 2.38 bits per heavy atom. The number of carbonyl (C=O) groups is 1. The van der Waals surface area contributed by atoms with Gasteiger partial charge in [0.1, 0.15) is 12.4 Å². The second kappa shape index (κ2) is 12.8. The van der Waals surface area contributed by atoms with Crippen LogP contribution in [0.1, 0.15) is 63.2 Å². The maximum atomic E-state index is 13.2. The maximum Gasteiger partial charge on any atom is 0.414 e. The average Bonchev–Trinajstić information content (AvgIpc) is 3.24. The normalized spacial score (nSPS) is 18.3. The van der Waals surface area contributed by atoms with Gasteiger partial charge in [0.05, 0.1) is 19.3 Å². The Hall–Kier alpha value is -2.57. The molecule has 0 aromatic heterocycles. The summed E-state index contributed by atoms with van der Waals surface area (Å²) in [5.74, 6) is 0.810. The van der Waals surface area contributed by atoms with Crippen LogP contribution in [0, 0.1) is 5.41 Å². The molecule has 1 saturated heterocycles. The number of unbranched alkanes of at least 4 members (excludes halogenated alkanes) is 3. The van der Waals surface area contributed by atoms with Crippen molar-refractivity contribution < 1.29 is 18.7 Å². The van der Waals surface area contributed by atoms with Crippen molar-refractivity contribution in [2.45, 2.75) is 84.2 Å². The Kier molecular flexibility index (Phi) is 10.0. The maximum absolute atomic E-state index is 13.2. The molecule has 0 bridgehead atoms. The predicted molar refractivity (Wildman–Crippen MR) is 153 cm³/mol. The summed E-state index contributed by atoms with van der Waals surface area (Å²) in [4.78, 5) is 15.0. The smallest absolute Gasteiger partial charge is 0.414 e. The first-order chi connectivity index (χ1) is 17.6. The third kappa shape index (κ3) is 7.48. The third-order valence-electron chi connectivity index (χ3n) is 7.24. The van der Waals surface area contributed by atoms with E-state index in [1.165, 1.54) is 18.4 Å². The van der Waals surface area contributed by atoms with Crippen molar-refractivity contribution in [1.29, 1.82) is 0 Å². The van der Waals surface area contributed by atoms with Crippen LogP contribution in [0.2, 0.25) is 19.6 Å². The van der Waals surface area contributed by atoms with Crippen LogP contribution in [0.15, 0.2) is 66.9 Å². The molecule has 1 aliphatic rings. The van der Waals surface area contributed by atoms with Gasteiger partial charge in [0.15, 0.2) is 8.32 Å². The van der Waals surface area contributed by atoms with Crippen molar-refractivity contribution >= 4 is 14.4 Å². The molecular formula is C31H45NO4Si. The average molecular weight is 524 g/mol. The minimum Gasteiger partial charge on any atom is -0.497 e. The van der Waals surface area contributed by atoms with Crippen molar-refractivity contribution in [2.24, 2.45) is 5.41 Å². The van der Waals surface area contributed by atoms with Crippen LogP contribution in [-0.4, -0.2) is 39.1 Å². The van der Waals surface area contributed by atoms with Gasteiger partial charge in [-0.25, -0.2) is 4.79 Å². The summed E-state index contributed by atoms with van der Waals surface area (Å²) in [6.07, 6.45) is 5.57. The second-order valence-electron chi connectivity index (χ2n) is 11.3. The number of nitrogens with zero attached hydrogens (tertiary/aromatic N) is 1. The lowest BCUT2D eigenvalue weighted by Gasteiger charge is -2.45. The fraction of sp³-hybridized carbons (Fsp3) is 0.516. The molecule has 5 nitrogen and oxygen atoms in total. The molecule has 1 fully saturated rings. The first-order valence-electron chi connectivity index (χ1n) is 13.6. The molecule has 0 spiro atoms. The molecule has 1 heterocycles. The first kappa shape index (κ1) is 29.0. The molecule has 202 valence electrons. The van der Waals surface area contributed by atoms with Crippen LogP contribution < -0.4 is 4.74 Å². The highest BCUT2D eigenvalue weighted by Crippen LogP contribution is 2.50. The standard InChI is InChI=1S/C31H45NO4Si/c1-8-9-10-14-21-31(3,29(36-37(5,6)7)26-17-19-28(34-4)20-18-26)24(2)32-27(23-35-30(32)33)22-25-15-12-11-13-16-25/h11-13,15-20,27,29H,2,8-10,14,21-23H2,1,3-7H3/t27-,29-,31+/m0/s1. The van der Waals surface area contributed by atoms with Gasteiger partial charge >= 0.3 is 6.09 Å². The van der Waals surface area contributed by atoms with E-state index in [0.29, 0.717) is 6.61 Å². The predicted octanol–water partition coefficient (Wildman–Crippen LogP) is 8.14. The summed E-state index contributed by atoms with van der Waals surface area (Å²) in [6.45, 7) is 16.0. The lowest BCUT2D eigenvalue weighted by molar-refractivity contribution is 0.0492. The minimum absolute atomic E-state index is 0.0965. The molecule has 0 saturated carbocycles. The van der Waals surface area contributed by atoms with Gasteiger partial charge in [0, 0.05) is 11.1 Å². The summed E-state index contributed by atoms with van der Waals surface area (Å²) < 4.78 is 18.0. The van der Waals surface area contributed by atoms with Crippen LogP contribution in [0.25, 0.3) is 0 Å². The van der Waals surface area contributed by atoms with Crippen molar-refractivity contribution in [2.75, 3.05) is 13.7 Å². The van der Waals surface area contributed by atoms with E-state index < -0.39 is 13.7 Å². The monoisotopic (exact) mass is 523 g/mol. The van der Waals surface area contributed by atoms with E-state index in [-0.39, 0.29) is 18.2 Å². The van der Waals surface area contributed by atoms with Gasteiger partial charge in [0.25, 0.3) is 0 Å². The number of hydrogen-bond donors (Lipinski definition) is 0. The zero-order valence-corrected chi connectivity index (χ0v) is 24.6. The summed E-state index contributed by atoms with van der Waals surface area (Å²) >= 11 is 0. The van der Waals surface area contributed by atoms with Gasteiger partial charge in [-0.15, -0.1) is 0 Å². The number of benzene rings is 2. The highest BCUT2D eigenvalue weighted by atomic mass is 28.4. The topological polar surface area (TPSA) is 48.0 Å². The quantitative estimate of drug-likeness (QED) is 0.185. The molecule has 6 heteroatoms. The van der Waals surface area contributed by atoms with Crippen LogP contribution in [0.4, 0.5) is 4.79 Å². The Labute approximate surface area is 224 Å². The molecule has 3 atom stereocenters. The number of hydrogen-bond acceptors (Lipinski definition) is 4.